The smallest absolute Gasteiger partial charge is 0.195 e. The summed E-state index contributed by atoms with van der Waals surface area (Å²) >= 11 is 0. The fraction of sp³-hybridized carbons (Fsp3) is 0.625. The van der Waals surface area contributed by atoms with E-state index in [1.807, 2.05) is 0 Å². The molecule has 0 radical (unpaired) electrons. The molecule has 62 valence electrons. The van der Waals surface area contributed by atoms with Gasteiger partial charge in [-0.25, -0.2) is 4.98 Å². The van der Waals surface area contributed by atoms with Crippen LogP contribution in [0.5, 0.6) is 0 Å². The van der Waals surface area contributed by atoms with Crippen LogP contribution in [0.4, 0.5) is 0 Å². The summed E-state index contributed by atoms with van der Waals surface area (Å²) in [5.41, 5.74) is 5.34. The van der Waals surface area contributed by atoms with E-state index in [9.17, 15) is 0 Å². The number of nitrogens with zero attached hydrogens (tertiary/aromatic N) is 1. The molecule has 0 unspecified atom stereocenters. The molecule has 0 spiro atoms. The number of hydrogen-bond donors (Lipinski definition) is 1. The van der Waals surface area contributed by atoms with Crippen molar-refractivity contribution in [2.24, 2.45) is 5.73 Å². The Bertz CT molecular complexity index is 187. The summed E-state index contributed by atoms with van der Waals surface area (Å²) < 4.78 is 5.37. The van der Waals surface area contributed by atoms with Crippen LogP contribution in [-0.2, 0) is 12.8 Å². The molecule has 11 heavy (non-hydrogen) atoms. The van der Waals surface area contributed by atoms with Crippen LogP contribution in [0.25, 0.3) is 0 Å². The second-order valence-corrected chi connectivity index (χ2v) is 2.51. The third-order valence-electron chi connectivity index (χ3n) is 1.46. The maximum atomic E-state index is 5.37. The lowest BCUT2D eigenvalue weighted by Gasteiger charge is -1.89. The van der Waals surface area contributed by atoms with Gasteiger partial charge in [-0.2, -0.15) is 0 Å². The molecule has 0 aliphatic carbocycles. The molecule has 1 rings (SSSR count). The van der Waals surface area contributed by atoms with Gasteiger partial charge in [0.1, 0.15) is 5.76 Å². The van der Waals surface area contributed by atoms with Gasteiger partial charge in [-0.3, -0.25) is 0 Å². The summed E-state index contributed by atoms with van der Waals surface area (Å²) in [6.07, 6.45) is 4.59. The van der Waals surface area contributed by atoms with Crippen molar-refractivity contribution in [3.8, 4) is 0 Å². The minimum atomic E-state index is 0.603. The molecular weight excluding hydrogens is 140 g/mol. The van der Waals surface area contributed by atoms with Crippen LogP contribution >= 0.6 is 0 Å². The number of nitrogens with two attached hydrogens (primary N) is 1. The summed E-state index contributed by atoms with van der Waals surface area (Å²) in [6.45, 7) is 2.72. The van der Waals surface area contributed by atoms with E-state index in [0.29, 0.717) is 6.54 Å². The van der Waals surface area contributed by atoms with Crippen LogP contribution in [-0.4, -0.2) is 11.5 Å². The zero-order valence-electron chi connectivity index (χ0n) is 6.84. The Labute approximate surface area is 66.6 Å². The predicted molar refractivity (Wildman–Crippen MR) is 43.3 cm³/mol. The third-order valence-corrected chi connectivity index (χ3v) is 1.46. The number of rotatable bonds is 4. The highest BCUT2D eigenvalue weighted by Crippen LogP contribution is 2.05. The van der Waals surface area contributed by atoms with Crippen LogP contribution in [0, 0.1) is 0 Å². The number of aromatic nitrogens is 1. The van der Waals surface area contributed by atoms with Gasteiger partial charge >= 0.3 is 0 Å². The first-order valence-electron chi connectivity index (χ1n) is 4.00. The van der Waals surface area contributed by atoms with Crippen molar-refractivity contribution in [2.75, 3.05) is 6.54 Å². The summed E-state index contributed by atoms with van der Waals surface area (Å²) in [5.74, 6) is 1.73. The molecule has 3 nitrogen and oxygen atoms in total. The average Bonchev–Trinajstić information content (AvgIpc) is 2.38. The van der Waals surface area contributed by atoms with E-state index >= 15 is 0 Å². The van der Waals surface area contributed by atoms with Crippen molar-refractivity contribution in [1.29, 1.82) is 0 Å². The van der Waals surface area contributed by atoms with Crippen LogP contribution in [0.2, 0.25) is 0 Å². The van der Waals surface area contributed by atoms with Crippen molar-refractivity contribution in [3.63, 3.8) is 0 Å². The fourth-order valence-corrected chi connectivity index (χ4v) is 0.949. The van der Waals surface area contributed by atoms with Crippen LogP contribution < -0.4 is 5.73 Å². The van der Waals surface area contributed by atoms with E-state index in [-0.39, 0.29) is 0 Å². The van der Waals surface area contributed by atoms with Gasteiger partial charge in [-0.15, -0.1) is 0 Å². The first kappa shape index (κ1) is 8.27. The largest absolute Gasteiger partial charge is 0.446 e. The highest BCUT2D eigenvalue weighted by atomic mass is 16.4. The Morgan fingerprint density at radius 1 is 1.55 bits per heavy atom. The van der Waals surface area contributed by atoms with E-state index < -0.39 is 0 Å². The Kier molecular flexibility index (Phi) is 3.11. The molecule has 1 aromatic heterocycles. The molecule has 0 aromatic carbocycles. The predicted octanol–water partition coefficient (Wildman–Crippen LogP) is 1.13. The highest BCUT2D eigenvalue weighted by Gasteiger charge is 2.00. The van der Waals surface area contributed by atoms with Crippen molar-refractivity contribution >= 4 is 0 Å². The molecule has 3 heteroatoms. The third kappa shape index (κ3) is 2.35. The molecule has 0 saturated heterocycles. The summed E-state index contributed by atoms with van der Waals surface area (Å²) in [7, 11) is 0. The summed E-state index contributed by atoms with van der Waals surface area (Å²) in [4.78, 5) is 4.08. The zero-order chi connectivity index (χ0) is 8.10. The van der Waals surface area contributed by atoms with Gasteiger partial charge in [0.25, 0.3) is 0 Å². The first-order valence-corrected chi connectivity index (χ1v) is 4.00. The van der Waals surface area contributed by atoms with E-state index in [1.165, 1.54) is 0 Å². The first-order chi connectivity index (χ1) is 5.36. The lowest BCUT2D eigenvalue weighted by molar-refractivity contribution is 0.454. The highest BCUT2D eigenvalue weighted by molar-refractivity contribution is 4.94. The molecule has 0 amide bonds. The minimum Gasteiger partial charge on any atom is -0.446 e. The molecule has 2 N–H and O–H groups in total. The Morgan fingerprint density at radius 2 is 2.36 bits per heavy atom. The Balaban J connectivity index is 2.51. The average molecular weight is 154 g/mol. The second kappa shape index (κ2) is 4.13. The number of aryl methyl sites for hydroxylation is 1. The topological polar surface area (TPSA) is 52.0 Å². The van der Waals surface area contributed by atoms with Crippen molar-refractivity contribution < 1.29 is 4.42 Å². The lowest BCUT2D eigenvalue weighted by atomic mass is 10.3. The standard InChI is InChI=1S/C8H14N2O/c1-2-3-7-6-10-8(11-7)4-5-9/h6H,2-5,9H2,1H3. The molecule has 0 saturated carbocycles. The van der Waals surface area contributed by atoms with Crippen LogP contribution in [0.3, 0.4) is 0 Å². The molecule has 0 bridgehead atoms. The van der Waals surface area contributed by atoms with E-state index in [4.69, 9.17) is 10.2 Å². The van der Waals surface area contributed by atoms with Crippen LogP contribution in [0.1, 0.15) is 25.0 Å². The maximum Gasteiger partial charge on any atom is 0.195 e. The zero-order valence-corrected chi connectivity index (χ0v) is 6.84. The molecule has 0 atom stereocenters. The quantitative estimate of drug-likeness (QED) is 0.707. The molecule has 0 fully saturated rings. The summed E-state index contributed by atoms with van der Waals surface area (Å²) in [6, 6.07) is 0. The Morgan fingerprint density at radius 3 is 3.00 bits per heavy atom. The van der Waals surface area contributed by atoms with Gasteiger partial charge in [-0.05, 0) is 6.42 Å². The molecule has 0 aliphatic rings. The molecule has 1 aromatic rings. The van der Waals surface area contributed by atoms with Crippen LogP contribution in [0.15, 0.2) is 10.6 Å². The second-order valence-electron chi connectivity index (χ2n) is 2.51. The normalized spacial score (nSPS) is 10.4. The maximum absolute atomic E-state index is 5.37. The Hall–Kier alpha value is -0.830. The molecule has 1 heterocycles. The fourth-order valence-electron chi connectivity index (χ4n) is 0.949. The molecular formula is C8H14N2O. The number of oxazole rings is 1. The van der Waals surface area contributed by atoms with Gasteiger partial charge in [0, 0.05) is 19.4 Å². The lowest BCUT2D eigenvalue weighted by Crippen LogP contribution is -2.02. The van der Waals surface area contributed by atoms with Gasteiger partial charge in [-0.1, -0.05) is 6.92 Å². The minimum absolute atomic E-state index is 0.603. The van der Waals surface area contributed by atoms with Crippen molar-refractivity contribution in [1.82, 2.24) is 4.98 Å². The van der Waals surface area contributed by atoms with Crippen molar-refractivity contribution in [2.45, 2.75) is 26.2 Å². The van der Waals surface area contributed by atoms with E-state index in [2.05, 4.69) is 11.9 Å². The van der Waals surface area contributed by atoms with E-state index in [1.54, 1.807) is 6.20 Å². The van der Waals surface area contributed by atoms with Gasteiger partial charge in [0.2, 0.25) is 0 Å². The molecule has 0 aliphatic heterocycles. The van der Waals surface area contributed by atoms with Gasteiger partial charge in [0.15, 0.2) is 5.89 Å². The van der Waals surface area contributed by atoms with Gasteiger partial charge in [0.05, 0.1) is 6.20 Å². The monoisotopic (exact) mass is 154 g/mol. The summed E-state index contributed by atoms with van der Waals surface area (Å²) in [5, 5.41) is 0. The van der Waals surface area contributed by atoms with Gasteiger partial charge < -0.3 is 10.2 Å². The van der Waals surface area contributed by atoms with Crippen molar-refractivity contribution in [3.05, 3.63) is 17.8 Å². The SMILES string of the molecule is CCCc1cnc(CCN)o1. The number of hydrogen-bond acceptors (Lipinski definition) is 3. The van der Waals surface area contributed by atoms with E-state index in [0.717, 1.165) is 30.9 Å².